The summed E-state index contributed by atoms with van der Waals surface area (Å²) >= 11 is 0. The van der Waals surface area contributed by atoms with Crippen LogP contribution in [0.3, 0.4) is 0 Å². The fourth-order valence-corrected chi connectivity index (χ4v) is 4.35. The number of aliphatic carboxylic acids is 1. The minimum atomic E-state index is -1.18. The topological polar surface area (TPSA) is 114 Å². The van der Waals surface area contributed by atoms with E-state index in [1.807, 2.05) is 43.3 Å². The third-order valence-electron chi connectivity index (χ3n) is 6.16. The standard InChI is InChI=1S/C26H32N2O6/c1-4-9-17(14-23(29)28-24(25(30)31)16(2)33-3)27-26(32)34-15-22-20-12-7-5-10-18(20)19-11-6-8-13-21(19)22/h5-8,10-13,16-17,22,24H,4,9,14-15H2,1-3H3,(H,27,32)(H,28,29)(H,30,31)/t16?,17-,24?/m0/s1. The largest absolute Gasteiger partial charge is 0.480 e. The summed E-state index contributed by atoms with van der Waals surface area (Å²) in [5, 5.41) is 14.6. The number of hydrogen-bond acceptors (Lipinski definition) is 5. The summed E-state index contributed by atoms with van der Waals surface area (Å²) in [6.45, 7) is 3.69. The van der Waals surface area contributed by atoms with Crippen molar-refractivity contribution in [3.63, 3.8) is 0 Å². The number of hydrogen-bond donors (Lipinski definition) is 3. The van der Waals surface area contributed by atoms with Crippen LogP contribution in [0, 0.1) is 0 Å². The van der Waals surface area contributed by atoms with Crippen molar-refractivity contribution in [2.24, 2.45) is 0 Å². The monoisotopic (exact) mass is 468 g/mol. The SMILES string of the molecule is CCC[C@@H](CC(=O)NC(C(=O)O)C(C)OC)NC(=O)OCC1c2ccccc2-c2ccccc21. The number of rotatable bonds is 11. The molecule has 2 amide bonds. The summed E-state index contributed by atoms with van der Waals surface area (Å²) in [6, 6.07) is 14.5. The molecule has 0 bridgehead atoms. The lowest BCUT2D eigenvalue weighted by molar-refractivity contribution is -0.145. The average molecular weight is 469 g/mol. The van der Waals surface area contributed by atoms with Crippen molar-refractivity contribution in [3.8, 4) is 11.1 Å². The van der Waals surface area contributed by atoms with E-state index in [0.717, 1.165) is 28.7 Å². The molecule has 0 saturated carbocycles. The first-order chi connectivity index (χ1) is 16.3. The molecule has 3 atom stereocenters. The van der Waals surface area contributed by atoms with Gasteiger partial charge in [0.2, 0.25) is 5.91 Å². The van der Waals surface area contributed by atoms with Gasteiger partial charge in [0.25, 0.3) is 0 Å². The molecule has 3 N–H and O–H groups in total. The number of alkyl carbamates (subject to hydrolysis) is 1. The molecule has 8 nitrogen and oxygen atoms in total. The molecule has 0 spiro atoms. The van der Waals surface area contributed by atoms with Crippen LogP contribution in [0.15, 0.2) is 48.5 Å². The van der Waals surface area contributed by atoms with Gasteiger partial charge in [0.05, 0.1) is 6.10 Å². The third-order valence-corrected chi connectivity index (χ3v) is 6.16. The first kappa shape index (κ1) is 25.2. The molecule has 2 unspecified atom stereocenters. The normalized spacial score (nSPS) is 14.9. The predicted molar refractivity (Wildman–Crippen MR) is 128 cm³/mol. The Balaban J connectivity index is 1.59. The quantitative estimate of drug-likeness (QED) is 0.464. The third kappa shape index (κ3) is 5.94. The predicted octanol–water partition coefficient (Wildman–Crippen LogP) is 3.69. The molecule has 0 radical (unpaired) electrons. The number of benzene rings is 2. The number of methoxy groups -OCH3 is 1. The zero-order valence-electron chi connectivity index (χ0n) is 19.7. The fraction of sp³-hybridized carbons (Fsp3) is 0.423. The fourth-order valence-electron chi connectivity index (χ4n) is 4.35. The van der Waals surface area contributed by atoms with Crippen molar-refractivity contribution >= 4 is 18.0 Å². The molecule has 34 heavy (non-hydrogen) atoms. The molecule has 2 aromatic rings. The van der Waals surface area contributed by atoms with Gasteiger partial charge in [-0.25, -0.2) is 9.59 Å². The number of fused-ring (bicyclic) bond motifs is 3. The highest BCUT2D eigenvalue weighted by Crippen LogP contribution is 2.44. The molecular weight excluding hydrogens is 436 g/mol. The van der Waals surface area contributed by atoms with Crippen molar-refractivity contribution in [2.75, 3.05) is 13.7 Å². The van der Waals surface area contributed by atoms with Crippen LogP contribution in [-0.4, -0.2) is 55.0 Å². The number of carbonyl (C=O) groups excluding carboxylic acids is 2. The smallest absolute Gasteiger partial charge is 0.407 e. The summed E-state index contributed by atoms with van der Waals surface area (Å²) in [5.41, 5.74) is 4.53. The van der Waals surface area contributed by atoms with E-state index in [2.05, 4.69) is 22.8 Å². The van der Waals surface area contributed by atoms with Crippen molar-refractivity contribution in [1.82, 2.24) is 10.6 Å². The zero-order chi connectivity index (χ0) is 24.7. The second kappa shape index (κ2) is 11.7. The summed E-state index contributed by atoms with van der Waals surface area (Å²) < 4.78 is 10.6. The van der Waals surface area contributed by atoms with Gasteiger partial charge in [-0.05, 0) is 35.6 Å². The van der Waals surface area contributed by atoms with Crippen molar-refractivity contribution < 1.29 is 29.0 Å². The molecule has 8 heteroatoms. The Kier molecular flexibility index (Phi) is 8.65. The maximum Gasteiger partial charge on any atom is 0.407 e. The van der Waals surface area contributed by atoms with Gasteiger partial charge in [0.15, 0.2) is 6.04 Å². The average Bonchev–Trinajstić information content (AvgIpc) is 3.14. The lowest BCUT2D eigenvalue weighted by Crippen LogP contribution is -2.50. The number of nitrogens with one attached hydrogen (secondary N) is 2. The van der Waals surface area contributed by atoms with Gasteiger partial charge in [0.1, 0.15) is 6.61 Å². The highest BCUT2D eigenvalue weighted by molar-refractivity contribution is 5.84. The first-order valence-corrected chi connectivity index (χ1v) is 11.5. The Bertz CT molecular complexity index is 978. The minimum Gasteiger partial charge on any atom is -0.480 e. The van der Waals surface area contributed by atoms with E-state index >= 15 is 0 Å². The van der Waals surface area contributed by atoms with E-state index in [4.69, 9.17) is 9.47 Å². The summed E-state index contributed by atoms with van der Waals surface area (Å²) in [7, 11) is 1.38. The van der Waals surface area contributed by atoms with Gasteiger partial charge in [-0.2, -0.15) is 0 Å². The van der Waals surface area contributed by atoms with Crippen molar-refractivity contribution in [1.29, 1.82) is 0 Å². The summed E-state index contributed by atoms with van der Waals surface area (Å²) in [5.74, 6) is -1.72. The molecule has 0 saturated heterocycles. The van der Waals surface area contributed by atoms with Gasteiger partial charge in [-0.1, -0.05) is 61.9 Å². The Morgan fingerprint density at radius 2 is 1.59 bits per heavy atom. The Morgan fingerprint density at radius 1 is 1.00 bits per heavy atom. The molecule has 1 aliphatic carbocycles. The lowest BCUT2D eigenvalue weighted by atomic mass is 9.98. The number of ether oxygens (including phenoxy) is 2. The molecule has 3 rings (SSSR count). The first-order valence-electron chi connectivity index (χ1n) is 11.5. The van der Waals surface area contributed by atoms with Gasteiger partial charge in [-0.3, -0.25) is 4.79 Å². The summed E-state index contributed by atoms with van der Waals surface area (Å²) in [6.07, 6.45) is -0.0689. The maximum absolute atomic E-state index is 12.6. The van der Waals surface area contributed by atoms with Gasteiger partial charge < -0.3 is 25.2 Å². The van der Waals surface area contributed by atoms with Crippen molar-refractivity contribution in [2.45, 2.75) is 57.2 Å². The van der Waals surface area contributed by atoms with Crippen LogP contribution in [0.5, 0.6) is 0 Å². The Labute approximate surface area is 199 Å². The highest BCUT2D eigenvalue weighted by Gasteiger charge is 2.30. The molecule has 0 aliphatic heterocycles. The number of carboxylic acids is 1. The number of amides is 2. The van der Waals surface area contributed by atoms with E-state index in [-0.39, 0.29) is 18.9 Å². The number of carbonyl (C=O) groups is 3. The molecule has 182 valence electrons. The van der Waals surface area contributed by atoms with Crippen LogP contribution >= 0.6 is 0 Å². The van der Waals surface area contributed by atoms with Gasteiger partial charge >= 0.3 is 12.1 Å². The number of carboxylic acid groups (broad SMARTS) is 1. The summed E-state index contributed by atoms with van der Waals surface area (Å²) in [4.78, 5) is 36.5. The molecule has 0 fully saturated rings. The van der Waals surface area contributed by atoms with E-state index in [1.54, 1.807) is 6.92 Å². The lowest BCUT2D eigenvalue weighted by Gasteiger charge is -2.23. The van der Waals surface area contributed by atoms with Crippen LogP contribution in [0.2, 0.25) is 0 Å². The second-order valence-electron chi connectivity index (χ2n) is 8.48. The Morgan fingerprint density at radius 3 is 2.12 bits per heavy atom. The van der Waals surface area contributed by atoms with E-state index in [9.17, 15) is 19.5 Å². The maximum atomic E-state index is 12.6. The van der Waals surface area contributed by atoms with Crippen LogP contribution in [0.4, 0.5) is 4.79 Å². The van der Waals surface area contributed by atoms with Crippen molar-refractivity contribution in [3.05, 3.63) is 59.7 Å². The Hall–Kier alpha value is -3.39. The van der Waals surface area contributed by atoms with E-state index in [0.29, 0.717) is 6.42 Å². The van der Waals surface area contributed by atoms with Crippen LogP contribution in [0.1, 0.15) is 50.2 Å². The highest BCUT2D eigenvalue weighted by atomic mass is 16.5. The van der Waals surface area contributed by atoms with Gasteiger partial charge in [0, 0.05) is 25.5 Å². The van der Waals surface area contributed by atoms with Crippen LogP contribution in [0.25, 0.3) is 11.1 Å². The minimum absolute atomic E-state index is 0.0573. The molecule has 2 aromatic carbocycles. The second-order valence-corrected chi connectivity index (χ2v) is 8.48. The van der Waals surface area contributed by atoms with E-state index in [1.165, 1.54) is 7.11 Å². The van der Waals surface area contributed by atoms with Crippen LogP contribution in [-0.2, 0) is 19.1 Å². The molecule has 1 aliphatic rings. The van der Waals surface area contributed by atoms with Crippen LogP contribution < -0.4 is 10.6 Å². The van der Waals surface area contributed by atoms with E-state index < -0.39 is 36.2 Å². The molecular formula is C26H32N2O6. The molecule has 0 heterocycles. The zero-order valence-corrected chi connectivity index (χ0v) is 19.7. The van der Waals surface area contributed by atoms with Gasteiger partial charge in [-0.15, -0.1) is 0 Å². The molecule has 0 aromatic heterocycles.